The lowest BCUT2D eigenvalue weighted by Crippen LogP contribution is -2.32. The van der Waals surface area contributed by atoms with Crippen molar-refractivity contribution in [3.05, 3.63) is 54.1 Å². The highest BCUT2D eigenvalue weighted by molar-refractivity contribution is 6.01. The minimum atomic E-state index is -0.399. The third-order valence-electron chi connectivity index (χ3n) is 5.74. The molecule has 0 radical (unpaired) electrons. The predicted octanol–water partition coefficient (Wildman–Crippen LogP) is 2.88. The first-order chi connectivity index (χ1) is 15.1. The van der Waals surface area contributed by atoms with E-state index in [0.29, 0.717) is 37.6 Å². The Bertz CT molecular complexity index is 973. The summed E-state index contributed by atoms with van der Waals surface area (Å²) >= 11 is 0. The van der Waals surface area contributed by atoms with Crippen LogP contribution in [-0.2, 0) is 20.9 Å². The Morgan fingerprint density at radius 3 is 2.55 bits per heavy atom. The SMILES string of the molecule is CCOc1ccccc1N1C[C@H](C(=O)NCc2ccc(N3CCCC3=O)cc2)CC1=O. The summed E-state index contributed by atoms with van der Waals surface area (Å²) in [5.41, 5.74) is 2.55. The zero-order chi connectivity index (χ0) is 21.8. The molecule has 2 aliphatic heterocycles. The van der Waals surface area contributed by atoms with Crippen molar-refractivity contribution in [2.45, 2.75) is 32.7 Å². The summed E-state index contributed by atoms with van der Waals surface area (Å²) in [4.78, 5) is 40.6. The van der Waals surface area contributed by atoms with Crippen molar-refractivity contribution in [1.82, 2.24) is 5.32 Å². The lowest BCUT2D eigenvalue weighted by Gasteiger charge is -2.20. The van der Waals surface area contributed by atoms with E-state index in [2.05, 4.69) is 5.32 Å². The van der Waals surface area contributed by atoms with Gasteiger partial charge in [-0.15, -0.1) is 0 Å². The molecule has 2 fully saturated rings. The topological polar surface area (TPSA) is 79.0 Å². The van der Waals surface area contributed by atoms with Crippen molar-refractivity contribution < 1.29 is 19.1 Å². The van der Waals surface area contributed by atoms with Gasteiger partial charge >= 0.3 is 0 Å². The zero-order valence-electron chi connectivity index (χ0n) is 17.7. The minimum absolute atomic E-state index is 0.0769. The van der Waals surface area contributed by atoms with Gasteiger partial charge < -0.3 is 19.9 Å². The van der Waals surface area contributed by atoms with Gasteiger partial charge in [0.2, 0.25) is 17.7 Å². The number of hydrogen-bond acceptors (Lipinski definition) is 4. The molecule has 2 aromatic carbocycles. The Kier molecular flexibility index (Phi) is 6.21. The molecular weight excluding hydrogens is 394 g/mol. The van der Waals surface area contributed by atoms with Crippen molar-refractivity contribution in [3.8, 4) is 5.75 Å². The fourth-order valence-corrected chi connectivity index (χ4v) is 4.12. The Hall–Kier alpha value is -3.35. The number of anilines is 2. The van der Waals surface area contributed by atoms with Crippen LogP contribution in [0.3, 0.4) is 0 Å². The number of ether oxygens (including phenoxy) is 1. The minimum Gasteiger partial charge on any atom is -0.492 e. The first-order valence-corrected chi connectivity index (χ1v) is 10.8. The van der Waals surface area contributed by atoms with Crippen molar-refractivity contribution >= 4 is 29.1 Å². The molecule has 7 nitrogen and oxygen atoms in total. The summed E-state index contributed by atoms with van der Waals surface area (Å²) in [6.45, 7) is 3.88. The van der Waals surface area contributed by atoms with E-state index in [-0.39, 0.29) is 24.1 Å². The standard InChI is InChI=1S/C24H27N3O4/c1-2-31-21-7-4-3-6-20(21)27-16-18(14-23(27)29)24(30)25-15-17-9-11-19(12-10-17)26-13-5-8-22(26)28/h3-4,6-7,9-12,18H,2,5,8,13-16H2,1H3,(H,25,30)/t18-/m1/s1. The molecule has 0 aromatic heterocycles. The van der Waals surface area contributed by atoms with Crippen LogP contribution in [0.4, 0.5) is 11.4 Å². The molecule has 0 unspecified atom stereocenters. The van der Waals surface area contributed by atoms with E-state index >= 15 is 0 Å². The quantitative estimate of drug-likeness (QED) is 0.746. The van der Waals surface area contributed by atoms with Gasteiger partial charge in [0.15, 0.2) is 0 Å². The molecule has 3 amide bonds. The summed E-state index contributed by atoms with van der Waals surface area (Å²) in [6.07, 6.45) is 1.68. The van der Waals surface area contributed by atoms with E-state index in [1.54, 1.807) is 9.80 Å². The molecule has 0 saturated carbocycles. The third-order valence-corrected chi connectivity index (χ3v) is 5.74. The maximum atomic E-state index is 12.7. The second-order valence-electron chi connectivity index (χ2n) is 7.84. The second kappa shape index (κ2) is 9.20. The second-order valence-corrected chi connectivity index (χ2v) is 7.84. The molecular formula is C24H27N3O4. The number of carbonyl (C=O) groups excluding carboxylic acids is 3. The van der Waals surface area contributed by atoms with Crippen LogP contribution < -0.4 is 19.9 Å². The maximum Gasteiger partial charge on any atom is 0.227 e. The van der Waals surface area contributed by atoms with Crippen LogP contribution in [0.15, 0.2) is 48.5 Å². The lowest BCUT2D eigenvalue weighted by molar-refractivity contribution is -0.126. The third kappa shape index (κ3) is 4.55. The van der Waals surface area contributed by atoms with Gasteiger partial charge in [-0.25, -0.2) is 0 Å². The molecule has 1 atom stereocenters. The fraction of sp³-hybridized carbons (Fsp3) is 0.375. The van der Waals surface area contributed by atoms with Gasteiger partial charge in [0.25, 0.3) is 0 Å². The average molecular weight is 421 g/mol. The lowest BCUT2D eigenvalue weighted by atomic mass is 10.1. The number of amides is 3. The first kappa shape index (κ1) is 20.9. The molecule has 162 valence electrons. The summed E-state index contributed by atoms with van der Waals surface area (Å²) in [5.74, 6) is 0.192. The molecule has 1 N–H and O–H groups in total. The molecule has 0 bridgehead atoms. The molecule has 0 spiro atoms. The Morgan fingerprint density at radius 1 is 1.06 bits per heavy atom. The highest BCUT2D eigenvalue weighted by atomic mass is 16.5. The molecule has 2 heterocycles. The van der Waals surface area contributed by atoms with E-state index in [1.807, 2.05) is 55.5 Å². The van der Waals surface area contributed by atoms with Crippen LogP contribution in [-0.4, -0.2) is 37.4 Å². The maximum absolute atomic E-state index is 12.7. The van der Waals surface area contributed by atoms with E-state index < -0.39 is 5.92 Å². The molecule has 4 rings (SSSR count). The van der Waals surface area contributed by atoms with Gasteiger partial charge in [0.05, 0.1) is 18.2 Å². The van der Waals surface area contributed by atoms with Gasteiger partial charge in [-0.2, -0.15) is 0 Å². The summed E-state index contributed by atoms with van der Waals surface area (Å²) in [6, 6.07) is 15.1. The first-order valence-electron chi connectivity index (χ1n) is 10.8. The average Bonchev–Trinajstić information content (AvgIpc) is 3.38. The molecule has 2 aliphatic rings. The van der Waals surface area contributed by atoms with Crippen LogP contribution in [0.2, 0.25) is 0 Å². The van der Waals surface area contributed by atoms with Crippen LogP contribution in [0.1, 0.15) is 31.7 Å². The normalized spacial score (nSPS) is 18.5. The molecule has 2 saturated heterocycles. The van der Waals surface area contributed by atoms with E-state index in [9.17, 15) is 14.4 Å². The molecule has 2 aromatic rings. The smallest absolute Gasteiger partial charge is 0.227 e. The largest absolute Gasteiger partial charge is 0.492 e. The highest BCUT2D eigenvalue weighted by Gasteiger charge is 2.36. The van der Waals surface area contributed by atoms with Crippen LogP contribution in [0.5, 0.6) is 5.75 Å². The van der Waals surface area contributed by atoms with Crippen molar-refractivity contribution in [1.29, 1.82) is 0 Å². The fourth-order valence-electron chi connectivity index (χ4n) is 4.12. The number of nitrogens with zero attached hydrogens (tertiary/aromatic N) is 2. The van der Waals surface area contributed by atoms with E-state index in [0.717, 1.165) is 24.2 Å². The molecule has 7 heteroatoms. The number of benzene rings is 2. The van der Waals surface area contributed by atoms with Crippen molar-refractivity contribution in [3.63, 3.8) is 0 Å². The monoisotopic (exact) mass is 421 g/mol. The van der Waals surface area contributed by atoms with Gasteiger partial charge in [0, 0.05) is 38.2 Å². The van der Waals surface area contributed by atoms with Gasteiger partial charge in [0.1, 0.15) is 5.75 Å². The Morgan fingerprint density at radius 2 is 1.84 bits per heavy atom. The van der Waals surface area contributed by atoms with E-state index in [4.69, 9.17) is 4.74 Å². The number of carbonyl (C=O) groups is 3. The van der Waals surface area contributed by atoms with Gasteiger partial charge in [-0.3, -0.25) is 14.4 Å². The number of hydrogen-bond donors (Lipinski definition) is 1. The number of nitrogens with one attached hydrogen (secondary N) is 1. The van der Waals surface area contributed by atoms with Gasteiger partial charge in [-0.1, -0.05) is 24.3 Å². The number of rotatable bonds is 7. The number of para-hydroxylation sites is 2. The summed E-state index contributed by atoms with van der Waals surface area (Å²) < 4.78 is 5.63. The van der Waals surface area contributed by atoms with Crippen molar-refractivity contribution in [2.24, 2.45) is 5.92 Å². The highest BCUT2D eigenvalue weighted by Crippen LogP contribution is 2.33. The molecule has 0 aliphatic carbocycles. The Balaban J connectivity index is 1.34. The molecule has 31 heavy (non-hydrogen) atoms. The summed E-state index contributed by atoms with van der Waals surface area (Å²) in [7, 11) is 0. The predicted molar refractivity (Wildman–Crippen MR) is 118 cm³/mol. The zero-order valence-corrected chi connectivity index (χ0v) is 17.7. The van der Waals surface area contributed by atoms with Gasteiger partial charge in [-0.05, 0) is 43.2 Å². The van der Waals surface area contributed by atoms with Crippen LogP contribution >= 0.6 is 0 Å². The van der Waals surface area contributed by atoms with E-state index in [1.165, 1.54) is 0 Å². The Labute approximate surface area is 182 Å². The van der Waals surface area contributed by atoms with Crippen LogP contribution in [0.25, 0.3) is 0 Å². The van der Waals surface area contributed by atoms with Crippen molar-refractivity contribution in [2.75, 3.05) is 29.5 Å². The van der Waals surface area contributed by atoms with Crippen LogP contribution in [0, 0.1) is 5.92 Å². The summed E-state index contributed by atoms with van der Waals surface area (Å²) in [5, 5.41) is 2.94.